The first-order valence-electron chi connectivity index (χ1n) is 6.97. The van der Waals surface area contributed by atoms with Gasteiger partial charge in [0, 0.05) is 22.5 Å². The Bertz CT molecular complexity index is 774. The fourth-order valence-electron chi connectivity index (χ4n) is 1.77. The van der Waals surface area contributed by atoms with Crippen LogP contribution in [0.3, 0.4) is 0 Å². The monoisotopic (exact) mass is 386 g/mol. The first kappa shape index (κ1) is 18.6. The third kappa shape index (κ3) is 5.41. The van der Waals surface area contributed by atoms with E-state index in [0.717, 1.165) is 0 Å². The molecule has 2 aromatic carbocycles. The van der Waals surface area contributed by atoms with Crippen LogP contribution in [-0.4, -0.2) is 11.8 Å². The molecule has 0 fully saturated rings. The van der Waals surface area contributed by atoms with Gasteiger partial charge in [0.15, 0.2) is 11.5 Å². The second kappa shape index (κ2) is 8.38. The Morgan fingerprint density at radius 3 is 2.12 bits per heavy atom. The molecule has 0 N–H and O–H groups in total. The summed E-state index contributed by atoms with van der Waals surface area (Å²) in [7, 11) is 0. The molecule has 0 spiro atoms. The second-order valence-electron chi connectivity index (χ2n) is 4.94. The fraction of sp³-hybridized carbons (Fsp3) is 0.176. The van der Waals surface area contributed by atoms with Crippen molar-refractivity contribution in [3.63, 3.8) is 0 Å². The number of benzene rings is 2. The Balaban J connectivity index is 2.20. The molecule has 2 aromatic rings. The van der Waals surface area contributed by atoms with Crippen LogP contribution in [0, 0.1) is 0 Å². The number of esters is 1. The van der Waals surface area contributed by atoms with Gasteiger partial charge in [0.25, 0.3) is 0 Å². The normalized spacial score (nSPS) is 10.3. The van der Waals surface area contributed by atoms with E-state index in [1.54, 1.807) is 24.3 Å². The lowest BCUT2D eigenvalue weighted by Crippen LogP contribution is -2.10. The average molecular weight is 388 g/mol. The highest BCUT2D eigenvalue weighted by atomic mass is 35.5. The lowest BCUT2D eigenvalue weighted by molar-refractivity contribution is -0.136. The molecule has 2 rings (SSSR count). The molecule has 0 bridgehead atoms. The number of ketones is 1. The number of Topliss-reactive ketones (excluding diaryl/α,β-unsaturated/α-hetero) is 1. The third-order valence-electron chi connectivity index (χ3n) is 2.92. The number of rotatable bonds is 6. The minimum atomic E-state index is -0.556. The van der Waals surface area contributed by atoms with E-state index in [9.17, 15) is 9.59 Å². The molecule has 0 saturated heterocycles. The minimum absolute atomic E-state index is 0.0248. The van der Waals surface area contributed by atoms with Crippen molar-refractivity contribution in [1.82, 2.24) is 0 Å². The molecule has 0 heterocycles. The molecule has 0 aliphatic rings. The van der Waals surface area contributed by atoms with Crippen LogP contribution in [0.25, 0.3) is 0 Å². The number of carbonyl (C=O) groups excluding carboxylic acids is 2. The van der Waals surface area contributed by atoms with E-state index in [2.05, 4.69) is 0 Å². The van der Waals surface area contributed by atoms with Crippen molar-refractivity contribution in [2.75, 3.05) is 0 Å². The number of ether oxygens (including phenoxy) is 2. The summed E-state index contributed by atoms with van der Waals surface area (Å²) >= 11 is 17.9. The molecule has 126 valence electrons. The van der Waals surface area contributed by atoms with Crippen LogP contribution in [0.2, 0.25) is 15.1 Å². The lowest BCUT2D eigenvalue weighted by atomic mass is 10.2. The fourth-order valence-corrected chi connectivity index (χ4v) is 2.38. The van der Waals surface area contributed by atoms with E-state index in [1.165, 1.54) is 19.1 Å². The van der Waals surface area contributed by atoms with Gasteiger partial charge in [0.1, 0.15) is 11.5 Å². The molecule has 0 atom stereocenters. The van der Waals surface area contributed by atoms with Crippen LogP contribution in [0.5, 0.6) is 17.2 Å². The summed E-state index contributed by atoms with van der Waals surface area (Å²) in [5, 5.41) is 1.16. The van der Waals surface area contributed by atoms with Crippen LogP contribution in [0.4, 0.5) is 0 Å². The SMILES string of the molecule is CC(=O)CCC(=O)Oc1cc(Cl)ccc1Oc1ccc(Cl)cc1Cl. The maximum atomic E-state index is 11.8. The van der Waals surface area contributed by atoms with Crippen molar-refractivity contribution in [2.24, 2.45) is 0 Å². The van der Waals surface area contributed by atoms with Gasteiger partial charge in [-0.1, -0.05) is 34.8 Å². The summed E-state index contributed by atoms with van der Waals surface area (Å²) < 4.78 is 10.9. The predicted molar refractivity (Wildman–Crippen MR) is 93.5 cm³/mol. The van der Waals surface area contributed by atoms with E-state index >= 15 is 0 Å². The van der Waals surface area contributed by atoms with Crippen LogP contribution < -0.4 is 9.47 Å². The first-order chi connectivity index (χ1) is 11.3. The van der Waals surface area contributed by atoms with E-state index in [-0.39, 0.29) is 30.1 Å². The zero-order valence-electron chi connectivity index (χ0n) is 12.6. The maximum absolute atomic E-state index is 11.8. The predicted octanol–water partition coefficient (Wildman–Crippen LogP) is 5.71. The van der Waals surface area contributed by atoms with Crippen LogP contribution >= 0.6 is 34.8 Å². The number of halogens is 3. The number of hydrogen-bond donors (Lipinski definition) is 0. The van der Waals surface area contributed by atoms with Crippen molar-refractivity contribution in [3.05, 3.63) is 51.5 Å². The quantitative estimate of drug-likeness (QED) is 0.470. The Labute approximate surface area is 154 Å². The average Bonchev–Trinajstić information content (AvgIpc) is 2.50. The molecule has 4 nitrogen and oxygen atoms in total. The van der Waals surface area contributed by atoms with Gasteiger partial charge in [-0.2, -0.15) is 0 Å². The molecular weight excluding hydrogens is 375 g/mol. The number of hydrogen-bond acceptors (Lipinski definition) is 4. The Morgan fingerprint density at radius 2 is 1.50 bits per heavy atom. The van der Waals surface area contributed by atoms with Crippen molar-refractivity contribution in [2.45, 2.75) is 19.8 Å². The summed E-state index contributed by atoms with van der Waals surface area (Å²) in [6, 6.07) is 9.35. The van der Waals surface area contributed by atoms with E-state index in [4.69, 9.17) is 44.3 Å². The molecule has 0 amide bonds. The van der Waals surface area contributed by atoms with Crippen LogP contribution in [0.1, 0.15) is 19.8 Å². The number of carbonyl (C=O) groups is 2. The molecule has 0 aromatic heterocycles. The minimum Gasteiger partial charge on any atom is -0.452 e. The van der Waals surface area contributed by atoms with Gasteiger partial charge in [0.05, 0.1) is 11.4 Å². The first-order valence-corrected chi connectivity index (χ1v) is 8.11. The molecule has 0 aliphatic heterocycles. The summed E-state index contributed by atoms with van der Waals surface area (Å²) in [6.07, 6.45) is 0.0849. The highest BCUT2D eigenvalue weighted by molar-refractivity contribution is 6.35. The smallest absolute Gasteiger partial charge is 0.311 e. The Hall–Kier alpha value is -1.75. The zero-order valence-corrected chi connectivity index (χ0v) is 14.9. The molecule has 0 unspecified atom stereocenters. The van der Waals surface area contributed by atoms with Gasteiger partial charge in [-0.25, -0.2) is 0 Å². The van der Waals surface area contributed by atoms with Gasteiger partial charge in [-0.15, -0.1) is 0 Å². The van der Waals surface area contributed by atoms with Crippen LogP contribution in [0.15, 0.2) is 36.4 Å². The summed E-state index contributed by atoms with van der Waals surface area (Å²) in [4.78, 5) is 22.8. The van der Waals surface area contributed by atoms with Gasteiger partial charge in [0.2, 0.25) is 0 Å². The van der Waals surface area contributed by atoms with E-state index in [0.29, 0.717) is 20.8 Å². The van der Waals surface area contributed by atoms with Crippen molar-refractivity contribution in [3.8, 4) is 17.2 Å². The topological polar surface area (TPSA) is 52.6 Å². The van der Waals surface area contributed by atoms with Crippen LogP contribution in [-0.2, 0) is 9.59 Å². The second-order valence-corrected chi connectivity index (χ2v) is 6.22. The van der Waals surface area contributed by atoms with Gasteiger partial charge in [-0.05, 0) is 37.3 Å². The van der Waals surface area contributed by atoms with Crippen molar-refractivity contribution < 1.29 is 19.1 Å². The molecular formula is C17H13Cl3O4. The zero-order chi connectivity index (χ0) is 17.7. The molecule has 24 heavy (non-hydrogen) atoms. The standard InChI is InChI=1S/C17H13Cl3O4/c1-10(21)2-7-17(22)24-16-9-12(19)4-6-15(16)23-14-5-3-11(18)8-13(14)20/h3-6,8-9H,2,7H2,1H3. The van der Waals surface area contributed by atoms with Gasteiger partial charge in [-0.3, -0.25) is 4.79 Å². The molecule has 0 aliphatic carbocycles. The van der Waals surface area contributed by atoms with Crippen molar-refractivity contribution in [1.29, 1.82) is 0 Å². The highest BCUT2D eigenvalue weighted by Gasteiger charge is 2.14. The molecule has 7 heteroatoms. The van der Waals surface area contributed by atoms with Gasteiger partial charge >= 0.3 is 5.97 Å². The maximum Gasteiger partial charge on any atom is 0.311 e. The third-order valence-corrected chi connectivity index (χ3v) is 3.69. The lowest BCUT2D eigenvalue weighted by Gasteiger charge is -2.12. The largest absolute Gasteiger partial charge is 0.452 e. The Kier molecular flexibility index (Phi) is 6.49. The summed E-state index contributed by atoms with van der Waals surface area (Å²) in [5.41, 5.74) is 0. The Morgan fingerprint density at radius 1 is 0.875 bits per heavy atom. The van der Waals surface area contributed by atoms with E-state index < -0.39 is 5.97 Å². The molecule has 0 radical (unpaired) electrons. The summed E-state index contributed by atoms with van der Waals surface area (Å²) in [6.45, 7) is 1.41. The van der Waals surface area contributed by atoms with E-state index in [1.807, 2.05) is 0 Å². The van der Waals surface area contributed by atoms with Crippen molar-refractivity contribution >= 4 is 46.6 Å². The molecule has 0 saturated carbocycles. The summed E-state index contributed by atoms with van der Waals surface area (Å²) in [5.74, 6) is 0.105. The van der Waals surface area contributed by atoms with Gasteiger partial charge < -0.3 is 14.3 Å². The highest BCUT2D eigenvalue weighted by Crippen LogP contribution is 2.37.